The molecule has 0 saturated carbocycles. The van der Waals surface area contributed by atoms with E-state index in [0.717, 1.165) is 0 Å². The molecule has 0 aromatic carbocycles. The Morgan fingerprint density at radius 1 is 1.17 bits per heavy atom. The van der Waals surface area contributed by atoms with Gasteiger partial charge in [0.15, 0.2) is 5.78 Å². The summed E-state index contributed by atoms with van der Waals surface area (Å²) >= 11 is 0. The lowest BCUT2D eigenvalue weighted by Gasteiger charge is -2.23. The smallest absolute Gasteiger partial charge is 0.316 e. The number of methoxy groups -OCH3 is 1. The maximum Gasteiger partial charge on any atom is 0.316 e. The molecule has 0 rings (SSSR count). The highest BCUT2D eigenvalue weighted by Crippen LogP contribution is 2.24. The van der Waals surface area contributed by atoms with Crippen molar-refractivity contribution in [2.75, 3.05) is 7.11 Å². The minimum Gasteiger partial charge on any atom is -0.468 e. The van der Waals surface area contributed by atoms with Crippen molar-refractivity contribution in [1.82, 2.24) is 0 Å². The standard InChI is InChI=1S/C14H24O4/c1-7-9(2)11(15)8-10(13(17)18-6)12(16)14(3,4)5/h9-10H,7-8H2,1-6H3. The Kier molecular flexibility index (Phi) is 6.22. The van der Waals surface area contributed by atoms with E-state index in [2.05, 4.69) is 4.74 Å². The second-order valence-corrected chi connectivity index (χ2v) is 5.67. The Morgan fingerprint density at radius 2 is 1.67 bits per heavy atom. The number of rotatable bonds is 6. The number of Topliss-reactive ketones (excluding diaryl/α,β-unsaturated/α-hetero) is 2. The molecule has 0 aliphatic rings. The van der Waals surface area contributed by atoms with Gasteiger partial charge in [-0.2, -0.15) is 0 Å². The number of hydrogen-bond donors (Lipinski definition) is 0. The van der Waals surface area contributed by atoms with Gasteiger partial charge in [0, 0.05) is 17.8 Å². The third-order valence-corrected chi connectivity index (χ3v) is 3.11. The molecule has 0 amide bonds. The first kappa shape index (κ1) is 16.8. The van der Waals surface area contributed by atoms with Crippen LogP contribution in [0.3, 0.4) is 0 Å². The Morgan fingerprint density at radius 3 is 2.00 bits per heavy atom. The van der Waals surface area contributed by atoms with Crippen molar-refractivity contribution in [2.24, 2.45) is 17.3 Å². The normalized spacial score (nSPS) is 14.8. The Balaban J connectivity index is 4.99. The minimum absolute atomic E-state index is 0.0578. The van der Waals surface area contributed by atoms with Gasteiger partial charge in [0.2, 0.25) is 0 Å². The molecule has 0 radical (unpaired) electrons. The SMILES string of the molecule is CCC(C)C(=O)CC(C(=O)OC)C(=O)C(C)(C)C. The monoisotopic (exact) mass is 256 g/mol. The number of hydrogen-bond acceptors (Lipinski definition) is 4. The quantitative estimate of drug-likeness (QED) is 0.541. The zero-order chi connectivity index (χ0) is 14.5. The van der Waals surface area contributed by atoms with Crippen LogP contribution in [0.5, 0.6) is 0 Å². The van der Waals surface area contributed by atoms with Gasteiger partial charge in [0.1, 0.15) is 11.7 Å². The Hall–Kier alpha value is -1.19. The van der Waals surface area contributed by atoms with Gasteiger partial charge in [-0.3, -0.25) is 14.4 Å². The first-order valence-electron chi connectivity index (χ1n) is 6.30. The van der Waals surface area contributed by atoms with Gasteiger partial charge in [-0.15, -0.1) is 0 Å². The molecule has 18 heavy (non-hydrogen) atoms. The molecular weight excluding hydrogens is 232 g/mol. The van der Waals surface area contributed by atoms with E-state index in [-0.39, 0.29) is 23.9 Å². The lowest BCUT2D eigenvalue weighted by atomic mass is 9.79. The van der Waals surface area contributed by atoms with Gasteiger partial charge >= 0.3 is 5.97 Å². The van der Waals surface area contributed by atoms with Gasteiger partial charge in [-0.25, -0.2) is 0 Å². The van der Waals surface area contributed by atoms with Crippen molar-refractivity contribution in [1.29, 1.82) is 0 Å². The van der Waals surface area contributed by atoms with Crippen molar-refractivity contribution in [3.05, 3.63) is 0 Å². The van der Waals surface area contributed by atoms with Gasteiger partial charge in [-0.1, -0.05) is 34.6 Å². The molecule has 0 saturated heterocycles. The fourth-order valence-corrected chi connectivity index (χ4v) is 1.58. The average molecular weight is 256 g/mol. The molecule has 4 heteroatoms. The predicted molar refractivity (Wildman–Crippen MR) is 69.0 cm³/mol. The fraction of sp³-hybridized carbons (Fsp3) is 0.786. The van der Waals surface area contributed by atoms with Crippen LogP contribution in [0.1, 0.15) is 47.5 Å². The molecule has 0 aromatic heterocycles. The molecule has 0 aliphatic heterocycles. The molecule has 2 atom stereocenters. The average Bonchev–Trinajstić information content (AvgIpc) is 2.31. The third kappa shape index (κ3) is 4.59. The molecule has 0 bridgehead atoms. The zero-order valence-corrected chi connectivity index (χ0v) is 12.2. The van der Waals surface area contributed by atoms with Crippen LogP contribution in [-0.2, 0) is 19.1 Å². The van der Waals surface area contributed by atoms with Crippen LogP contribution in [0, 0.1) is 17.3 Å². The summed E-state index contributed by atoms with van der Waals surface area (Å²) < 4.78 is 4.63. The van der Waals surface area contributed by atoms with Crippen LogP contribution in [0.2, 0.25) is 0 Å². The maximum atomic E-state index is 12.2. The molecule has 4 nitrogen and oxygen atoms in total. The summed E-state index contributed by atoms with van der Waals surface area (Å²) in [6.45, 7) is 8.91. The predicted octanol–water partition coefficient (Wildman–Crippen LogP) is 2.40. The van der Waals surface area contributed by atoms with E-state index in [9.17, 15) is 14.4 Å². The molecule has 0 aliphatic carbocycles. The summed E-state index contributed by atoms with van der Waals surface area (Å²) in [6.07, 6.45) is 0.647. The van der Waals surface area contributed by atoms with E-state index in [1.54, 1.807) is 27.7 Å². The van der Waals surface area contributed by atoms with Crippen molar-refractivity contribution >= 4 is 17.5 Å². The van der Waals surface area contributed by atoms with E-state index < -0.39 is 17.3 Å². The van der Waals surface area contributed by atoms with Crippen molar-refractivity contribution in [3.63, 3.8) is 0 Å². The Bertz CT molecular complexity index is 325. The first-order valence-corrected chi connectivity index (χ1v) is 6.30. The molecule has 2 unspecified atom stereocenters. The number of carbonyl (C=O) groups is 3. The molecule has 0 N–H and O–H groups in total. The van der Waals surface area contributed by atoms with Gasteiger partial charge in [0.25, 0.3) is 0 Å². The minimum atomic E-state index is -0.975. The van der Waals surface area contributed by atoms with Crippen LogP contribution >= 0.6 is 0 Å². The molecular formula is C14H24O4. The zero-order valence-electron chi connectivity index (χ0n) is 12.2. The van der Waals surface area contributed by atoms with E-state index in [0.29, 0.717) is 6.42 Å². The van der Waals surface area contributed by atoms with Crippen LogP contribution in [0.4, 0.5) is 0 Å². The second-order valence-electron chi connectivity index (χ2n) is 5.67. The fourth-order valence-electron chi connectivity index (χ4n) is 1.58. The van der Waals surface area contributed by atoms with Gasteiger partial charge in [0.05, 0.1) is 7.11 Å². The van der Waals surface area contributed by atoms with Crippen LogP contribution < -0.4 is 0 Å². The van der Waals surface area contributed by atoms with Crippen LogP contribution in [0.15, 0.2) is 0 Å². The largest absolute Gasteiger partial charge is 0.468 e. The van der Waals surface area contributed by atoms with Crippen molar-refractivity contribution in [2.45, 2.75) is 47.5 Å². The Labute approximate surface area is 109 Å². The van der Waals surface area contributed by atoms with E-state index in [1.807, 2.05) is 6.92 Å². The lowest BCUT2D eigenvalue weighted by Crippen LogP contribution is -2.36. The molecule has 0 aromatic rings. The van der Waals surface area contributed by atoms with Crippen LogP contribution in [0.25, 0.3) is 0 Å². The van der Waals surface area contributed by atoms with Gasteiger partial charge < -0.3 is 4.74 Å². The van der Waals surface area contributed by atoms with Crippen molar-refractivity contribution < 1.29 is 19.1 Å². The number of carbonyl (C=O) groups excluding carboxylic acids is 3. The summed E-state index contributed by atoms with van der Waals surface area (Å²) in [5.74, 6) is -2.04. The van der Waals surface area contributed by atoms with E-state index in [4.69, 9.17) is 0 Å². The highest BCUT2D eigenvalue weighted by Gasteiger charge is 2.37. The maximum absolute atomic E-state index is 12.2. The summed E-state index contributed by atoms with van der Waals surface area (Å²) in [5.41, 5.74) is -0.658. The number of esters is 1. The topological polar surface area (TPSA) is 60.4 Å². The molecule has 0 heterocycles. The van der Waals surface area contributed by atoms with E-state index in [1.165, 1.54) is 7.11 Å². The molecule has 0 spiro atoms. The summed E-state index contributed by atoms with van der Waals surface area (Å²) in [5, 5.41) is 0. The highest BCUT2D eigenvalue weighted by atomic mass is 16.5. The highest BCUT2D eigenvalue weighted by molar-refractivity contribution is 6.04. The summed E-state index contributed by atoms with van der Waals surface area (Å²) in [7, 11) is 1.24. The van der Waals surface area contributed by atoms with Gasteiger partial charge in [-0.05, 0) is 6.42 Å². The summed E-state index contributed by atoms with van der Waals surface area (Å²) in [4.78, 5) is 35.7. The number of ketones is 2. The third-order valence-electron chi connectivity index (χ3n) is 3.11. The molecule has 0 fully saturated rings. The first-order chi connectivity index (χ1) is 8.15. The van der Waals surface area contributed by atoms with E-state index >= 15 is 0 Å². The van der Waals surface area contributed by atoms with Crippen LogP contribution in [-0.4, -0.2) is 24.6 Å². The lowest BCUT2D eigenvalue weighted by molar-refractivity contribution is -0.154. The number of ether oxygens (including phenoxy) is 1. The summed E-state index contributed by atoms with van der Waals surface area (Å²) in [6, 6.07) is 0. The van der Waals surface area contributed by atoms with Crippen molar-refractivity contribution in [3.8, 4) is 0 Å². The second kappa shape index (κ2) is 6.66. The molecule has 104 valence electrons.